The van der Waals surface area contributed by atoms with Crippen LogP contribution >= 0.6 is 0 Å². The van der Waals surface area contributed by atoms with E-state index in [4.69, 9.17) is 0 Å². The van der Waals surface area contributed by atoms with Gasteiger partial charge in [0.1, 0.15) is 5.82 Å². The Morgan fingerprint density at radius 3 is 2.60 bits per heavy atom. The highest BCUT2D eigenvalue weighted by atomic mass is 16.1. The largest absolute Gasteiger partial charge is 0.307 e. The molecule has 35 heavy (non-hydrogen) atoms. The number of amides is 1. The number of piperidine rings is 1. The molecule has 1 aliphatic rings. The van der Waals surface area contributed by atoms with Gasteiger partial charge < -0.3 is 10.2 Å². The lowest BCUT2D eigenvalue weighted by Crippen LogP contribution is -2.38. The van der Waals surface area contributed by atoms with Crippen molar-refractivity contribution in [3.05, 3.63) is 72.4 Å². The van der Waals surface area contributed by atoms with Crippen LogP contribution in [-0.2, 0) is 13.5 Å². The van der Waals surface area contributed by atoms with Crippen LogP contribution in [0.25, 0.3) is 21.9 Å². The highest BCUT2D eigenvalue weighted by molar-refractivity contribution is 6.04. The second-order valence-electron chi connectivity index (χ2n) is 9.80. The van der Waals surface area contributed by atoms with E-state index in [-0.39, 0.29) is 5.91 Å². The first kappa shape index (κ1) is 23.2. The van der Waals surface area contributed by atoms with Crippen molar-refractivity contribution in [2.24, 2.45) is 13.0 Å². The van der Waals surface area contributed by atoms with Crippen molar-refractivity contribution < 1.29 is 4.79 Å². The Kier molecular flexibility index (Phi) is 6.59. The average molecular weight is 469 g/mol. The summed E-state index contributed by atoms with van der Waals surface area (Å²) in [5.41, 5.74) is 3.72. The van der Waals surface area contributed by atoms with Crippen molar-refractivity contribution >= 4 is 22.5 Å². The second kappa shape index (κ2) is 9.96. The molecule has 180 valence electrons. The molecule has 1 N–H and O–H groups in total. The summed E-state index contributed by atoms with van der Waals surface area (Å²) in [6.45, 7) is 6.79. The van der Waals surface area contributed by atoms with Crippen molar-refractivity contribution in [1.82, 2.24) is 24.6 Å². The molecular formula is C28H32N6O. The monoisotopic (exact) mass is 468 g/mol. The van der Waals surface area contributed by atoms with Crippen molar-refractivity contribution in [3.63, 3.8) is 0 Å². The topological polar surface area (TPSA) is 75.9 Å². The number of aromatic nitrogens is 4. The van der Waals surface area contributed by atoms with Gasteiger partial charge in [-0.15, -0.1) is 0 Å². The van der Waals surface area contributed by atoms with Crippen molar-refractivity contribution in [3.8, 4) is 11.1 Å². The number of pyridine rings is 2. The zero-order valence-corrected chi connectivity index (χ0v) is 20.6. The van der Waals surface area contributed by atoms with Crippen molar-refractivity contribution in [2.45, 2.75) is 39.2 Å². The maximum atomic E-state index is 13.0. The first-order chi connectivity index (χ1) is 16.9. The Morgan fingerprint density at radius 1 is 1.03 bits per heavy atom. The molecule has 0 aliphatic carbocycles. The Balaban J connectivity index is 1.27. The molecule has 4 heterocycles. The van der Waals surface area contributed by atoms with Crippen LogP contribution < -0.4 is 5.32 Å². The predicted octanol–water partition coefficient (Wildman–Crippen LogP) is 4.95. The third kappa shape index (κ3) is 5.41. The van der Waals surface area contributed by atoms with E-state index in [2.05, 4.69) is 51.3 Å². The Labute approximate surface area is 206 Å². The molecule has 0 spiro atoms. The Bertz CT molecular complexity index is 1340. The maximum Gasteiger partial charge on any atom is 0.256 e. The van der Waals surface area contributed by atoms with E-state index in [9.17, 15) is 4.79 Å². The standard InChI is InChI=1S/C28H32N6O/c1-19(2)34-10-7-20(8-11-34)12-26-14-22(6-9-29-26)28(35)32-27-15-24-13-21(4-5-23(24)16-30-27)25-17-31-33(3)18-25/h4-6,9,13-20H,7-8,10-12H2,1-3H3,(H,30,32,35). The lowest BCUT2D eigenvalue weighted by Gasteiger charge is -2.34. The molecule has 0 saturated carbocycles. The fourth-order valence-electron chi connectivity index (χ4n) is 4.85. The summed E-state index contributed by atoms with van der Waals surface area (Å²) in [5, 5.41) is 9.25. The summed E-state index contributed by atoms with van der Waals surface area (Å²) in [6.07, 6.45) is 10.6. The van der Waals surface area contributed by atoms with Gasteiger partial charge in [-0.1, -0.05) is 12.1 Å². The van der Waals surface area contributed by atoms with E-state index < -0.39 is 0 Å². The first-order valence-electron chi connectivity index (χ1n) is 12.3. The number of nitrogens with zero attached hydrogens (tertiary/aromatic N) is 5. The molecule has 1 saturated heterocycles. The zero-order valence-electron chi connectivity index (χ0n) is 20.6. The number of anilines is 1. The molecule has 1 fully saturated rings. The molecule has 7 heteroatoms. The van der Waals surface area contributed by atoms with Gasteiger partial charge in [-0.25, -0.2) is 4.98 Å². The molecule has 0 atom stereocenters. The minimum Gasteiger partial charge on any atom is -0.307 e. The van der Waals surface area contributed by atoms with Crippen LogP contribution in [0.15, 0.2) is 61.2 Å². The van der Waals surface area contributed by atoms with Gasteiger partial charge in [0, 0.05) is 53.9 Å². The van der Waals surface area contributed by atoms with Crippen LogP contribution in [0, 0.1) is 5.92 Å². The maximum absolute atomic E-state index is 13.0. The Hall–Kier alpha value is -3.58. The van der Waals surface area contributed by atoms with Crippen LogP contribution in [0.4, 0.5) is 5.82 Å². The molecule has 3 aromatic heterocycles. The summed E-state index contributed by atoms with van der Waals surface area (Å²) in [5.74, 6) is 0.982. The van der Waals surface area contributed by atoms with E-state index in [0.717, 1.165) is 47.1 Å². The summed E-state index contributed by atoms with van der Waals surface area (Å²) in [7, 11) is 1.90. The third-order valence-corrected chi connectivity index (χ3v) is 6.96. The molecule has 4 aromatic rings. The number of rotatable bonds is 6. The van der Waals surface area contributed by atoms with E-state index in [1.807, 2.05) is 37.6 Å². The lowest BCUT2D eigenvalue weighted by atomic mass is 9.91. The number of fused-ring (bicyclic) bond motifs is 1. The average Bonchev–Trinajstić information content (AvgIpc) is 3.30. The summed E-state index contributed by atoms with van der Waals surface area (Å²) in [6, 6.07) is 12.4. The smallest absolute Gasteiger partial charge is 0.256 e. The van der Waals surface area contributed by atoms with Crippen molar-refractivity contribution in [2.75, 3.05) is 18.4 Å². The highest BCUT2D eigenvalue weighted by Gasteiger charge is 2.21. The fraction of sp³-hybridized carbons (Fsp3) is 0.357. The quantitative estimate of drug-likeness (QED) is 0.434. The number of benzene rings is 1. The number of nitrogens with one attached hydrogen (secondary N) is 1. The van der Waals surface area contributed by atoms with Crippen LogP contribution in [0.5, 0.6) is 0 Å². The number of hydrogen-bond acceptors (Lipinski definition) is 5. The van der Waals surface area contributed by atoms with E-state index in [1.165, 1.54) is 12.8 Å². The number of likely N-dealkylation sites (tertiary alicyclic amines) is 1. The second-order valence-corrected chi connectivity index (χ2v) is 9.80. The van der Waals surface area contributed by atoms with Gasteiger partial charge in [0.05, 0.1) is 6.20 Å². The fourth-order valence-corrected chi connectivity index (χ4v) is 4.85. The first-order valence-corrected chi connectivity index (χ1v) is 12.3. The van der Waals surface area contributed by atoms with Crippen LogP contribution in [0.2, 0.25) is 0 Å². The van der Waals surface area contributed by atoms with Gasteiger partial charge in [0.2, 0.25) is 0 Å². The summed E-state index contributed by atoms with van der Waals surface area (Å²) < 4.78 is 1.79. The van der Waals surface area contributed by atoms with Crippen LogP contribution in [0.3, 0.4) is 0 Å². The predicted molar refractivity (Wildman–Crippen MR) is 139 cm³/mol. The van der Waals surface area contributed by atoms with Gasteiger partial charge in [-0.3, -0.25) is 14.5 Å². The molecule has 0 radical (unpaired) electrons. The summed E-state index contributed by atoms with van der Waals surface area (Å²) in [4.78, 5) is 24.5. The SMILES string of the molecule is CC(C)N1CCC(Cc2cc(C(=O)Nc3cc4cc(-c5cnn(C)c5)ccc4cn3)ccn2)CC1. The normalized spacial score (nSPS) is 15.1. The number of carbonyl (C=O) groups excluding carboxylic acids is 1. The molecule has 1 amide bonds. The third-order valence-electron chi connectivity index (χ3n) is 6.96. The number of hydrogen-bond donors (Lipinski definition) is 1. The zero-order chi connectivity index (χ0) is 24.4. The van der Waals surface area contributed by atoms with Gasteiger partial charge in [0.25, 0.3) is 5.91 Å². The van der Waals surface area contributed by atoms with Crippen LogP contribution in [-0.4, -0.2) is 49.7 Å². The molecule has 1 aromatic carbocycles. The van der Waals surface area contributed by atoms with E-state index >= 15 is 0 Å². The van der Waals surface area contributed by atoms with Crippen molar-refractivity contribution in [1.29, 1.82) is 0 Å². The molecule has 7 nitrogen and oxygen atoms in total. The summed E-state index contributed by atoms with van der Waals surface area (Å²) >= 11 is 0. The molecule has 5 rings (SSSR count). The lowest BCUT2D eigenvalue weighted by molar-refractivity contribution is 0.102. The highest BCUT2D eigenvalue weighted by Crippen LogP contribution is 2.26. The van der Waals surface area contributed by atoms with E-state index in [0.29, 0.717) is 23.3 Å². The molecular weight excluding hydrogens is 436 g/mol. The number of aryl methyl sites for hydroxylation is 1. The minimum absolute atomic E-state index is 0.168. The minimum atomic E-state index is -0.168. The molecule has 0 unspecified atom stereocenters. The number of carbonyl (C=O) groups is 1. The van der Waals surface area contributed by atoms with Gasteiger partial charge >= 0.3 is 0 Å². The van der Waals surface area contributed by atoms with Gasteiger partial charge in [0.15, 0.2) is 0 Å². The Morgan fingerprint density at radius 2 is 1.86 bits per heavy atom. The van der Waals surface area contributed by atoms with Crippen LogP contribution in [0.1, 0.15) is 42.7 Å². The molecule has 1 aliphatic heterocycles. The molecule has 0 bridgehead atoms. The van der Waals surface area contributed by atoms with Gasteiger partial charge in [-0.2, -0.15) is 5.10 Å². The van der Waals surface area contributed by atoms with E-state index in [1.54, 1.807) is 23.1 Å². The van der Waals surface area contributed by atoms with Gasteiger partial charge in [-0.05, 0) is 87.3 Å².